The van der Waals surface area contributed by atoms with E-state index in [0.29, 0.717) is 17.5 Å². The number of hydrogen-bond donors (Lipinski definition) is 0. The molecule has 0 aliphatic rings. The van der Waals surface area contributed by atoms with Crippen molar-refractivity contribution in [2.45, 2.75) is 6.73 Å². The summed E-state index contributed by atoms with van der Waals surface area (Å²) in [5.74, 6) is 0. The Labute approximate surface area is 80.3 Å². The number of nitrogens with zero attached hydrogens (tertiary/aromatic N) is 2. The van der Waals surface area contributed by atoms with Crippen molar-refractivity contribution in [1.82, 2.24) is 4.57 Å². The first-order chi connectivity index (χ1) is 6.24. The molecule has 0 aromatic carbocycles. The van der Waals surface area contributed by atoms with Crippen LogP contribution in [0.2, 0.25) is 5.15 Å². The van der Waals surface area contributed by atoms with Crippen LogP contribution in [0.15, 0.2) is 6.07 Å². The van der Waals surface area contributed by atoms with E-state index in [9.17, 15) is 4.79 Å². The number of ether oxygens (including phenoxy) is 1. The third kappa shape index (κ3) is 1.72. The van der Waals surface area contributed by atoms with Crippen molar-refractivity contribution >= 4 is 17.9 Å². The molecule has 0 saturated carbocycles. The highest BCUT2D eigenvalue weighted by Gasteiger charge is 2.11. The molecule has 0 aliphatic carbocycles. The number of rotatable bonds is 3. The van der Waals surface area contributed by atoms with E-state index in [-0.39, 0.29) is 11.9 Å². The second-order valence-corrected chi connectivity index (χ2v) is 2.71. The molecule has 0 N–H and O–H groups in total. The van der Waals surface area contributed by atoms with Gasteiger partial charge in [-0.05, 0) is 6.07 Å². The molecule has 5 heteroatoms. The maximum absolute atomic E-state index is 10.5. The zero-order chi connectivity index (χ0) is 9.84. The molecule has 68 valence electrons. The molecule has 0 spiro atoms. The molecule has 0 fully saturated rings. The van der Waals surface area contributed by atoms with Crippen molar-refractivity contribution in [2.75, 3.05) is 7.11 Å². The lowest BCUT2D eigenvalue weighted by molar-refractivity contribution is 0.112. The average molecular weight is 199 g/mol. The second-order valence-electron chi connectivity index (χ2n) is 2.35. The molecule has 0 saturated heterocycles. The van der Waals surface area contributed by atoms with Crippen LogP contribution < -0.4 is 0 Å². The fraction of sp³-hybridized carbons (Fsp3) is 0.250. The Morgan fingerprint density at radius 2 is 2.54 bits per heavy atom. The number of hydrogen-bond acceptors (Lipinski definition) is 3. The second kappa shape index (κ2) is 4.08. The van der Waals surface area contributed by atoms with Crippen LogP contribution >= 0.6 is 11.6 Å². The van der Waals surface area contributed by atoms with Crippen LogP contribution in [0.1, 0.15) is 16.1 Å². The number of aromatic nitrogens is 1. The monoisotopic (exact) mass is 198 g/mol. The van der Waals surface area contributed by atoms with E-state index >= 15 is 0 Å². The van der Waals surface area contributed by atoms with Gasteiger partial charge < -0.3 is 4.74 Å². The van der Waals surface area contributed by atoms with Gasteiger partial charge in [-0.25, -0.2) is 0 Å². The number of methoxy groups -OCH3 is 1. The Balaban J connectivity index is 3.22. The average Bonchev–Trinajstić information content (AvgIpc) is 2.45. The molecule has 0 radical (unpaired) electrons. The van der Waals surface area contributed by atoms with Crippen LogP contribution in [0.25, 0.3) is 0 Å². The topological polar surface area (TPSA) is 55.0 Å². The van der Waals surface area contributed by atoms with Gasteiger partial charge in [-0.2, -0.15) is 5.26 Å². The first kappa shape index (κ1) is 9.78. The van der Waals surface area contributed by atoms with Crippen molar-refractivity contribution in [3.63, 3.8) is 0 Å². The van der Waals surface area contributed by atoms with E-state index in [4.69, 9.17) is 21.6 Å². The van der Waals surface area contributed by atoms with Gasteiger partial charge in [0.15, 0.2) is 6.29 Å². The SMILES string of the molecule is COCn1c(C#N)cc(C=O)c1Cl. The van der Waals surface area contributed by atoms with Gasteiger partial charge in [0.25, 0.3) is 0 Å². The predicted molar refractivity (Wildman–Crippen MR) is 46.6 cm³/mol. The van der Waals surface area contributed by atoms with E-state index in [0.717, 1.165) is 0 Å². The van der Waals surface area contributed by atoms with Crippen LogP contribution in [-0.2, 0) is 11.5 Å². The van der Waals surface area contributed by atoms with Crippen molar-refractivity contribution in [2.24, 2.45) is 0 Å². The normalized spacial score (nSPS) is 9.62. The first-order valence-corrected chi connectivity index (χ1v) is 3.85. The van der Waals surface area contributed by atoms with E-state index in [1.807, 2.05) is 6.07 Å². The Hall–Kier alpha value is -1.31. The highest BCUT2D eigenvalue weighted by atomic mass is 35.5. The molecule has 4 nitrogen and oxygen atoms in total. The summed E-state index contributed by atoms with van der Waals surface area (Å²) in [4.78, 5) is 10.5. The van der Waals surface area contributed by atoms with Gasteiger partial charge in [-0.1, -0.05) is 11.6 Å². The van der Waals surface area contributed by atoms with Gasteiger partial charge >= 0.3 is 0 Å². The summed E-state index contributed by atoms with van der Waals surface area (Å²) >= 11 is 5.79. The van der Waals surface area contributed by atoms with Gasteiger partial charge in [-0.15, -0.1) is 0 Å². The van der Waals surface area contributed by atoms with Gasteiger partial charge in [0, 0.05) is 7.11 Å². The lowest BCUT2D eigenvalue weighted by Crippen LogP contribution is -2.02. The number of carbonyl (C=O) groups excluding carboxylic acids is 1. The van der Waals surface area contributed by atoms with Gasteiger partial charge in [-0.3, -0.25) is 9.36 Å². The highest BCUT2D eigenvalue weighted by molar-refractivity contribution is 6.32. The molecule has 0 atom stereocenters. The molecule has 1 aromatic rings. The number of nitriles is 1. The first-order valence-electron chi connectivity index (χ1n) is 3.47. The fourth-order valence-corrected chi connectivity index (χ4v) is 1.22. The molecular formula is C8H7ClN2O2. The smallest absolute Gasteiger partial charge is 0.153 e. The molecule has 0 bridgehead atoms. The maximum atomic E-state index is 10.5. The maximum Gasteiger partial charge on any atom is 0.153 e. The van der Waals surface area contributed by atoms with Crippen LogP contribution in [0.3, 0.4) is 0 Å². The van der Waals surface area contributed by atoms with E-state index in [1.165, 1.54) is 17.7 Å². The van der Waals surface area contributed by atoms with Crippen molar-refractivity contribution < 1.29 is 9.53 Å². The third-order valence-electron chi connectivity index (χ3n) is 1.56. The van der Waals surface area contributed by atoms with Crippen LogP contribution in [-0.4, -0.2) is 18.0 Å². The summed E-state index contributed by atoms with van der Waals surface area (Å²) in [7, 11) is 1.48. The molecular weight excluding hydrogens is 192 g/mol. The molecule has 0 amide bonds. The summed E-state index contributed by atoms with van der Waals surface area (Å²) in [5, 5.41) is 8.91. The summed E-state index contributed by atoms with van der Waals surface area (Å²) in [6.45, 7) is 0.162. The van der Waals surface area contributed by atoms with E-state index in [2.05, 4.69) is 0 Å². The lowest BCUT2D eigenvalue weighted by atomic mass is 10.3. The summed E-state index contributed by atoms with van der Waals surface area (Å²) < 4.78 is 6.24. The molecule has 13 heavy (non-hydrogen) atoms. The van der Waals surface area contributed by atoms with Crippen molar-refractivity contribution in [3.05, 3.63) is 22.5 Å². The fourth-order valence-electron chi connectivity index (χ4n) is 0.977. The zero-order valence-corrected chi connectivity index (χ0v) is 7.71. The largest absolute Gasteiger partial charge is 0.364 e. The molecule has 0 unspecified atom stereocenters. The van der Waals surface area contributed by atoms with Gasteiger partial charge in [0.1, 0.15) is 23.6 Å². The number of aldehydes is 1. The zero-order valence-electron chi connectivity index (χ0n) is 6.95. The van der Waals surface area contributed by atoms with E-state index in [1.54, 1.807) is 0 Å². The number of carbonyl (C=O) groups is 1. The summed E-state index contributed by atoms with van der Waals surface area (Å²) in [6.07, 6.45) is 0.606. The molecule has 1 rings (SSSR count). The van der Waals surface area contributed by atoms with Crippen LogP contribution in [0.5, 0.6) is 0 Å². The minimum atomic E-state index is 0.162. The quantitative estimate of drug-likeness (QED) is 0.691. The van der Waals surface area contributed by atoms with Crippen molar-refractivity contribution in [1.29, 1.82) is 5.26 Å². The Bertz CT molecular complexity index is 365. The third-order valence-corrected chi connectivity index (χ3v) is 1.98. The van der Waals surface area contributed by atoms with E-state index < -0.39 is 0 Å². The Morgan fingerprint density at radius 3 is 3.00 bits per heavy atom. The predicted octanol–water partition coefficient (Wildman–Crippen LogP) is 1.43. The highest BCUT2D eigenvalue weighted by Crippen LogP contribution is 2.19. The van der Waals surface area contributed by atoms with Crippen LogP contribution in [0.4, 0.5) is 0 Å². The van der Waals surface area contributed by atoms with Crippen LogP contribution in [0, 0.1) is 11.3 Å². The molecule has 0 aliphatic heterocycles. The summed E-state index contributed by atoms with van der Waals surface area (Å²) in [5.41, 5.74) is 0.615. The lowest BCUT2D eigenvalue weighted by Gasteiger charge is -2.03. The minimum absolute atomic E-state index is 0.162. The molecule has 1 aromatic heterocycles. The standard InChI is InChI=1S/C8H7ClN2O2/c1-13-5-11-7(3-10)2-6(4-12)8(11)9/h2,4H,5H2,1H3. The Morgan fingerprint density at radius 1 is 1.85 bits per heavy atom. The van der Waals surface area contributed by atoms with Gasteiger partial charge in [0.2, 0.25) is 0 Å². The van der Waals surface area contributed by atoms with Crippen molar-refractivity contribution in [3.8, 4) is 6.07 Å². The summed E-state index contributed by atoms with van der Waals surface area (Å²) in [6, 6.07) is 3.34. The Kier molecular flexibility index (Phi) is 3.07. The number of halogens is 1. The van der Waals surface area contributed by atoms with Gasteiger partial charge in [0.05, 0.1) is 5.56 Å². The molecule has 1 heterocycles. The minimum Gasteiger partial charge on any atom is -0.364 e.